The molecule has 10 nitrogen and oxygen atoms in total. The van der Waals surface area contributed by atoms with Crippen molar-refractivity contribution < 1.29 is 19.4 Å². The molecule has 0 bridgehead atoms. The third-order valence-corrected chi connectivity index (χ3v) is 4.06. The summed E-state index contributed by atoms with van der Waals surface area (Å²) in [6, 6.07) is 1.18. The second kappa shape index (κ2) is 9.83. The van der Waals surface area contributed by atoms with Crippen LogP contribution in [-0.2, 0) is 14.3 Å². The number of H-pyrrole nitrogens is 1. The minimum atomic E-state index is -0.893. The van der Waals surface area contributed by atoms with E-state index in [1.54, 1.807) is 0 Å². The van der Waals surface area contributed by atoms with Crippen molar-refractivity contribution >= 4 is 11.8 Å². The zero-order chi connectivity index (χ0) is 19.8. The minimum absolute atomic E-state index is 0.0103. The van der Waals surface area contributed by atoms with Crippen molar-refractivity contribution in [3.8, 4) is 0 Å². The second-order valence-corrected chi connectivity index (χ2v) is 6.17. The molecule has 2 amide bonds. The van der Waals surface area contributed by atoms with Crippen molar-refractivity contribution in [1.82, 2.24) is 20.2 Å². The third kappa shape index (κ3) is 6.19. The maximum Gasteiger partial charge on any atom is 0.330 e. The highest BCUT2D eigenvalue weighted by atomic mass is 16.5. The van der Waals surface area contributed by atoms with E-state index in [4.69, 9.17) is 4.74 Å². The predicted octanol–water partition coefficient (Wildman–Crippen LogP) is -1.23. The molecule has 4 N–H and O–H groups in total. The first kappa shape index (κ1) is 20.6. The zero-order valence-electron chi connectivity index (χ0n) is 15.0. The van der Waals surface area contributed by atoms with Gasteiger partial charge in [0.15, 0.2) is 0 Å². The molecule has 0 aliphatic carbocycles. The highest BCUT2D eigenvalue weighted by Gasteiger charge is 2.35. The van der Waals surface area contributed by atoms with E-state index in [2.05, 4.69) is 15.6 Å². The van der Waals surface area contributed by atoms with Crippen LogP contribution in [0.4, 0.5) is 0 Å². The van der Waals surface area contributed by atoms with E-state index in [-0.39, 0.29) is 18.9 Å². The molecule has 27 heavy (non-hydrogen) atoms. The number of nitrogens with zero attached hydrogens (tertiary/aromatic N) is 1. The molecule has 3 atom stereocenters. The first-order valence-corrected chi connectivity index (χ1v) is 8.79. The van der Waals surface area contributed by atoms with Crippen LogP contribution in [0, 0.1) is 0 Å². The van der Waals surface area contributed by atoms with E-state index in [1.807, 2.05) is 6.92 Å². The minimum Gasteiger partial charge on any atom is -0.390 e. The zero-order valence-corrected chi connectivity index (χ0v) is 15.0. The van der Waals surface area contributed by atoms with Crippen LogP contribution in [0.15, 0.2) is 34.0 Å². The Bertz CT molecular complexity index is 799. The van der Waals surface area contributed by atoms with Gasteiger partial charge in [0, 0.05) is 43.9 Å². The summed E-state index contributed by atoms with van der Waals surface area (Å²) in [4.78, 5) is 48.3. The van der Waals surface area contributed by atoms with Gasteiger partial charge in [-0.3, -0.25) is 23.9 Å². The second-order valence-electron chi connectivity index (χ2n) is 6.17. The third-order valence-electron chi connectivity index (χ3n) is 4.06. The number of aliphatic hydroxyl groups is 1. The lowest BCUT2D eigenvalue weighted by molar-refractivity contribution is -0.119. The summed E-state index contributed by atoms with van der Waals surface area (Å²) >= 11 is 0. The van der Waals surface area contributed by atoms with Gasteiger partial charge in [-0.2, -0.15) is 0 Å². The van der Waals surface area contributed by atoms with Gasteiger partial charge in [0.05, 0.1) is 6.10 Å². The van der Waals surface area contributed by atoms with Crippen molar-refractivity contribution in [2.24, 2.45) is 0 Å². The summed E-state index contributed by atoms with van der Waals surface area (Å²) in [5.74, 6) is -0.852. The van der Waals surface area contributed by atoms with E-state index in [1.165, 1.54) is 16.8 Å². The van der Waals surface area contributed by atoms with E-state index in [9.17, 15) is 24.3 Å². The van der Waals surface area contributed by atoms with Gasteiger partial charge in [-0.15, -0.1) is 0 Å². The maximum absolute atomic E-state index is 11.8. The summed E-state index contributed by atoms with van der Waals surface area (Å²) in [5, 5.41) is 15.3. The summed E-state index contributed by atoms with van der Waals surface area (Å²) < 4.78 is 6.77. The van der Waals surface area contributed by atoms with Crippen LogP contribution in [0.2, 0.25) is 0 Å². The Labute approximate surface area is 155 Å². The van der Waals surface area contributed by atoms with Gasteiger partial charge in [-0.1, -0.05) is 13.3 Å². The van der Waals surface area contributed by atoms with Gasteiger partial charge in [0.1, 0.15) is 12.3 Å². The molecule has 10 heteroatoms. The van der Waals surface area contributed by atoms with Crippen LogP contribution in [-0.4, -0.2) is 51.8 Å². The van der Waals surface area contributed by atoms with Crippen LogP contribution in [0.5, 0.6) is 0 Å². The topological polar surface area (TPSA) is 143 Å². The number of carbonyl (C=O) groups excluding carboxylic acids is 2. The van der Waals surface area contributed by atoms with Gasteiger partial charge in [-0.05, 0) is 6.42 Å². The van der Waals surface area contributed by atoms with Crippen LogP contribution < -0.4 is 21.9 Å². The van der Waals surface area contributed by atoms with Gasteiger partial charge in [-0.25, -0.2) is 4.79 Å². The molecule has 0 saturated carbocycles. The molecule has 0 radical (unpaired) electrons. The Morgan fingerprint density at radius 1 is 1.33 bits per heavy atom. The molecule has 2 heterocycles. The molecule has 1 saturated heterocycles. The first-order valence-electron chi connectivity index (χ1n) is 8.79. The first-order chi connectivity index (χ1) is 12.9. The normalized spacial score (nSPS) is 22.1. The molecule has 1 aromatic rings. The van der Waals surface area contributed by atoms with Gasteiger partial charge >= 0.3 is 5.69 Å². The van der Waals surface area contributed by atoms with E-state index in [0.717, 1.165) is 25.0 Å². The molecular formula is C17H24N4O6. The largest absolute Gasteiger partial charge is 0.390 e. The van der Waals surface area contributed by atoms with Crippen LogP contribution in [0.25, 0.3) is 0 Å². The van der Waals surface area contributed by atoms with E-state index in [0.29, 0.717) is 6.54 Å². The summed E-state index contributed by atoms with van der Waals surface area (Å²) in [6.07, 6.45) is 3.14. The van der Waals surface area contributed by atoms with Crippen molar-refractivity contribution in [1.29, 1.82) is 0 Å². The Hall–Kier alpha value is -2.72. The molecule has 0 spiro atoms. The predicted molar refractivity (Wildman–Crippen MR) is 95.9 cm³/mol. The fraction of sp³-hybridized carbons (Fsp3) is 0.529. The number of carbonyl (C=O) groups is 2. The van der Waals surface area contributed by atoms with E-state index >= 15 is 0 Å². The number of hydrogen-bond donors (Lipinski definition) is 4. The summed E-state index contributed by atoms with van der Waals surface area (Å²) in [6.45, 7) is 2.57. The average Bonchev–Trinajstić information content (AvgIpc) is 2.99. The number of aromatic amines is 1. The van der Waals surface area contributed by atoms with Crippen molar-refractivity contribution in [3.05, 3.63) is 45.3 Å². The van der Waals surface area contributed by atoms with Gasteiger partial charge < -0.3 is 20.5 Å². The smallest absolute Gasteiger partial charge is 0.330 e. The number of amides is 2. The molecule has 2 rings (SSSR count). The number of rotatable bonds is 8. The SMILES string of the molecule is CCCCNC(=O)/C=C\C(=O)NC[C@H]1O[C@@H](n2ccc(=O)[nH]c2=O)C[C@@H]1O. The highest BCUT2D eigenvalue weighted by Crippen LogP contribution is 2.26. The Kier molecular flexibility index (Phi) is 7.50. The van der Waals surface area contributed by atoms with Gasteiger partial charge in [0.25, 0.3) is 5.56 Å². The highest BCUT2D eigenvalue weighted by molar-refractivity contribution is 5.96. The number of unbranched alkanes of at least 4 members (excludes halogenated alkanes) is 1. The van der Waals surface area contributed by atoms with Crippen molar-refractivity contribution in [2.75, 3.05) is 13.1 Å². The Balaban J connectivity index is 1.82. The number of ether oxygens (including phenoxy) is 1. The standard InChI is InChI=1S/C17H24N4O6/c1-2-3-7-18-13(23)4-5-14(24)19-10-12-11(22)9-16(27-12)21-8-6-15(25)20-17(21)26/h4-6,8,11-12,16,22H,2-3,7,9-10H2,1H3,(H,18,23)(H,19,24)(H,20,25,26)/b5-4-/t11-,12+,16+/m0/s1. The Morgan fingerprint density at radius 2 is 2.04 bits per heavy atom. The number of hydrogen-bond acceptors (Lipinski definition) is 6. The molecule has 148 valence electrons. The molecular weight excluding hydrogens is 356 g/mol. The summed E-state index contributed by atoms with van der Waals surface area (Å²) in [5.41, 5.74) is -1.16. The quantitative estimate of drug-likeness (QED) is 0.329. The lowest BCUT2D eigenvalue weighted by Gasteiger charge is -2.16. The Morgan fingerprint density at radius 3 is 2.70 bits per heavy atom. The van der Waals surface area contributed by atoms with Gasteiger partial charge in [0.2, 0.25) is 11.8 Å². The van der Waals surface area contributed by atoms with Crippen molar-refractivity contribution in [3.63, 3.8) is 0 Å². The van der Waals surface area contributed by atoms with Crippen LogP contribution >= 0.6 is 0 Å². The lowest BCUT2D eigenvalue weighted by atomic mass is 10.2. The molecule has 1 fully saturated rings. The summed E-state index contributed by atoms with van der Waals surface area (Å²) in [7, 11) is 0. The number of aliphatic hydroxyl groups excluding tert-OH is 1. The molecule has 0 unspecified atom stereocenters. The van der Waals surface area contributed by atoms with Crippen molar-refractivity contribution in [2.45, 2.75) is 44.6 Å². The fourth-order valence-electron chi connectivity index (χ4n) is 2.58. The lowest BCUT2D eigenvalue weighted by Crippen LogP contribution is -2.36. The molecule has 1 aliphatic heterocycles. The van der Waals surface area contributed by atoms with Crippen LogP contribution in [0.3, 0.4) is 0 Å². The average molecular weight is 380 g/mol. The molecule has 1 aliphatic rings. The molecule has 1 aromatic heterocycles. The molecule has 0 aromatic carbocycles. The number of aromatic nitrogens is 2. The number of nitrogens with one attached hydrogen (secondary N) is 3. The fourth-order valence-corrected chi connectivity index (χ4v) is 2.58. The maximum atomic E-state index is 11.8. The monoisotopic (exact) mass is 380 g/mol. The van der Waals surface area contributed by atoms with E-state index < -0.39 is 35.6 Å². The van der Waals surface area contributed by atoms with Crippen LogP contribution in [0.1, 0.15) is 32.4 Å².